The summed E-state index contributed by atoms with van der Waals surface area (Å²) in [5.74, 6) is -0.109. The number of rotatable bonds is 5. The standard InChI is InChI=1S/C13H21N3O3/c1-9(2)7-11-12(13(17)18)14-15-16(11)8-10-3-5-19-6-4-10/h9-10H,3-8H2,1-2H3,(H,17,18). The Balaban J connectivity index is 2.16. The van der Waals surface area contributed by atoms with Crippen molar-refractivity contribution in [3.8, 4) is 0 Å². The minimum Gasteiger partial charge on any atom is -0.476 e. The van der Waals surface area contributed by atoms with E-state index in [1.807, 2.05) is 0 Å². The summed E-state index contributed by atoms with van der Waals surface area (Å²) in [5, 5.41) is 17.0. The molecule has 0 atom stereocenters. The molecule has 1 saturated heterocycles. The fraction of sp³-hybridized carbons (Fsp3) is 0.769. The molecular formula is C13H21N3O3. The summed E-state index contributed by atoms with van der Waals surface area (Å²) in [5.41, 5.74) is 0.842. The van der Waals surface area contributed by atoms with Crippen molar-refractivity contribution in [2.75, 3.05) is 13.2 Å². The van der Waals surface area contributed by atoms with Crippen LogP contribution in [0.25, 0.3) is 0 Å². The van der Waals surface area contributed by atoms with Crippen molar-refractivity contribution in [3.63, 3.8) is 0 Å². The highest BCUT2D eigenvalue weighted by Gasteiger charge is 2.22. The molecule has 6 nitrogen and oxygen atoms in total. The van der Waals surface area contributed by atoms with Crippen LogP contribution >= 0.6 is 0 Å². The second kappa shape index (κ2) is 6.14. The van der Waals surface area contributed by atoms with Crippen LogP contribution in [0.2, 0.25) is 0 Å². The number of aromatic nitrogens is 3. The van der Waals surface area contributed by atoms with Gasteiger partial charge in [-0.05, 0) is 31.1 Å². The van der Waals surface area contributed by atoms with Crippen LogP contribution in [0.3, 0.4) is 0 Å². The SMILES string of the molecule is CC(C)Cc1c(C(=O)O)nnn1CC1CCOCC1. The van der Waals surface area contributed by atoms with Crippen LogP contribution in [-0.4, -0.2) is 39.3 Å². The van der Waals surface area contributed by atoms with Gasteiger partial charge in [0.15, 0.2) is 5.69 Å². The van der Waals surface area contributed by atoms with Crippen molar-refractivity contribution in [2.24, 2.45) is 11.8 Å². The van der Waals surface area contributed by atoms with E-state index in [4.69, 9.17) is 9.84 Å². The predicted molar refractivity (Wildman–Crippen MR) is 69.1 cm³/mol. The van der Waals surface area contributed by atoms with Gasteiger partial charge in [-0.2, -0.15) is 0 Å². The lowest BCUT2D eigenvalue weighted by Gasteiger charge is -2.22. The number of hydrogen-bond donors (Lipinski definition) is 1. The zero-order valence-electron chi connectivity index (χ0n) is 11.5. The zero-order valence-corrected chi connectivity index (χ0v) is 11.5. The molecular weight excluding hydrogens is 246 g/mol. The molecule has 1 aromatic heterocycles. The molecule has 1 N–H and O–H groups in total. The van der Waals surface area contributed by atoms with Crippen molar-refractivity contribution in [1.82, 2.24) is 15.0 Å². The minimum absolute atomic E-state index is 0.0979. The molecule has 0 spiro atoms. The van der Waals surface area contributed by atoms with Crippen molar-refractivity contribution in [3.05, 3.63) is 11.4 Å². The molecule has 1 aliphatic heterocycles. The third-order valence-electron chi connectivity index (χ3n) is 3.41. The highest BCUT2D eigenvalue weighted by molar-refractivity contribution is 5.86. The van der Waals surface area contributed by atoms with E-state index < -0.39 is 5.97 Å². The van der Waals surface area contributed by atoms with Gasteiger partial charge in [-0.15, -0.1) is 5.10 Å². The number of hydrogen-bond acceptors (Lipinski definition) is 4. The number of ether oxygens (including phenoxy) is 1. The molecule has 0 aromatic carbocycles. The molecule has 1 fully saturated rings. The van der Waals surface area contributed by atoms with Gasteiger partial charge in [-0.25, -0.2) is 9.48 Å². The number of nitrogens with zero attached hydrogens (tertiary/aromatic N) is 3. The van der Waals surface area contributed by atoms with Crippen LogP contribution in [0, 0.1) is 11.8 Å². The number of aromatic carboxylic acids is 1. The predicted octanol–water partition coefficient (Wildman–Crippen LogP) is 1.60. The molecule has 0 bridgehead atoms. The summed E-state index contributed by atoms with van der Waals surface area (Å²) < 4.78 is 7.11. The first-order valence-corrected chi connectivity index (χ1v) is 6.81. The summed E-state index contributed by atoms with van der Waals surface area (Å²) in [4.78, 5) is 11.2. The molecule has 1 aromatic rings. The highest BCUT2D eigenvalue weighted by atomic mass is 16.5. The molecule has 0 aliphatic carbocycles. The molecule has 2 rings (SSSR count). The molecule has 0 saturated carbocycles. The molecule has 106 valence electrons. The minimum atomic E-state index is -0.992. The Morgan fingerprint density at radius 3 is 2.74 bits per heavy atom. The van der Waals surface area contributed by atoms with Crippen LogP contribution in [-0.2, 0) is 17.7 Å². The quantitative estimate of drug-likeness (QED) is 0.876. The van der Waals surface area contributed by atoms with Crippen LogP contribution in [0.4, 0.5) is 0 Å². The number of carboxylic acids is 1. The summed E-state index contributed by atoms with van der Waals surface area (Å²) >= 11 is 0. The first-order valence-electron chi connectivity index (χ1n) is 6.81. The van der Waals surface area contributed by atoms with Crippen LogP contribution in [0.15, 0.2) is 0 Å². The monoisotopic (exact) mass is 267 g/mol. The van der Waals surface area contributed by atoms with E-state index >= 15 is 0 Å². The topological polar surface area (TPSA) is 77.2 Å². The van der Waals surface area contributed by atoms with Crippen LogP contribution < -0.4 is 0 Å². The average Bonchev–Trinajstić information content (AvgIpc) is 2.73. The normalized spacial score (nSPS) is 17.0. The van der Waals surface area contributed by atoms with E-state index in [2.05, 4.69) is 24.2 Å². The van der Waals surface area contributed by atoms with Crippen molar-refractivity contribution in [1.29, 1.82) is 0 Å². The van der Waals surface area contributed by atoms with Crippen molar-refractivity contribution >= 4 is 5.97 Å². The van der Waals surface area contributed by atoms with Crippen molar-refractivity contribution in [2.45, 2.75) is 39.7 Å². The first-order chi connectivity index (χ1) is 9.08. The van der Waals surface area contributed by atoms with Gasteiger partial charge in [0, 0.05) is 19.8 Å². The summed E-state index contributed by atoms with van der Waals surface area (Å²) in [7, 11) is 0. The van der Waals surface area contributed by atoms with Crippen LogP contribution in [0.1, 0.15) is 42.9 Å². The second-order valence-corrected chi connectivity index (χ2v) is 5.53. The first kappa shape index (κ1) is 14.0. The summed E-state index contributed by atoms with van der Waals surface area (Å²) in [6.07, 6.45) is 2.70. The molecule has 0 amide bonds. The molecule has 2 heterocycles. The smallest absolute Gasteiger partial charge is 0.358 e. The highest BCUT2D eigenvalue weighted by Crippen LogP contribution is 2.19. The van der Waals surface area contributed by atoms with Gasteiger partial charge < -0.3 is 9.84 Å². The van der Waals surface area contributed by atoms with E-state index in [1.54, 1.807) is 4.68 Å². The Hall–Kier alpha value is -1.43. The molecule has 0 radical (unpaired) electrons. The molecule has 19 heavy (non-hydrogen) atoms. The second-order valence-electron chi connectivity index (χ2n) is 5.53. The number of carboxylic acid groups (broad SMARTS) is 1. The Labute approximate surface area is 112 Å². The molecule has 1 aliphatic rings. The third-order valence-corrected chi connectivity index (χ3v) is 3.41. The van der Waals surface area contributed by atoms with E-state index in [0.29, 0.717) is 18.3 Å². The maximum absolute atomic E-state index is 11.2. The van der Waals surface area contributed by atoms with E-state index in [-0.39, 0.29) is 5.69 Å². The maximum atomic E-state index is 11.2. The zero-order chi connectivity index (χ0) is 13.8. The van der Waals surface area contributed by atoms with E-state index in [1.165, 1.54) is 0 Å². The largest absolute Gasteiger partial charge is 0.476 e. The Kier molecular flexibility index (Phi) is 4.52. The van der Waals surface area contributed by atoms with E-state index in [0.717, 1.165) is 38.3 Å². The van der Waals surface area contributed by atoms with Gasteiger partial charge in [-0.1, -0.05) is 19.1 Å². The Morgan fingerprint density at radius 1 is 1.47 bits per heavy atom. The molecule has 0 unspecified atom stereocenters. The van der Waals surface area contributed by atoms with Gasteiger partial charge in [0.25, 0.3) is 0 Å². The van der Waals surface area contributed by atoms with Gasteiger partial charge in [0.1, 0.15) is 0 Å². The maximum Gasteiger partial charge on any atom is 0.358 e. The summed E-state index contributed by atoms with van der Waals surface area (Å²) in [6, 6.07) is 0. The average molecular weight is 267 g/mol. The summed E-state index contributed by atoms with van der Waals surface area (Å²) in [6.45, 7) is 6.44. The lowest BCUT2D eigenvalue weighted by Crippen LogP contribution is -2.22. The lowest BCUT2D eigenvalue weighted by atomic mass is 10.00. The van der Waals surface area contributed by atoms with E-state index in [9.17, 15) is 4.79 Å². The van der Waals surface area contributed by atoms with Gasteiger partial charge in [-0.3, -0.25) is 0 Å². The molecule has 6 heteroatoms. The van der Waals surface area contributed by atoms with Gasteiger partial charge >= 0.3 is 5.97 Å². The fourth-order valence-corrected chi connectivity index (χ4v) is 2.41. The van der Waals surface area contributed by atoms with Gasteiger partial charge in [0.2, 0.25) is 0 Å². The lowest BCUT2D eigenvalue weighted by molar-refractivity contribution is 0.0595. The third kappa shape index (κ3) is 3.53. The Morgan fingerprint density at radius 2 is 2.16 bits per heavy atom. The Bertz CT molecular complexity index is 436. The van der Waals surface area contributed by atoms with Gasteiger partial charge in [0.05, 0.1) is 5.69 Å². The number of carbonyl (C=O) groups is 1. The van der Waals surface area contributed by atoms with Crippen molar-refractivity contribution < 1.29 is 14.6 Å². The van der Waals surface area contributed by atoms with Crippen LogP contribution in [0.5, 0.6) is 0 Å². The fourth-order valence-electron chi connectivity index (χ4n) is 2.41.